The Kier molecular flexibility index (Phi) is 3.26. The zero-order chi connectivity index (χ0) is 12.3. The lowest BCUT2D eigenvalue weighted by molar-refractivity contribution is 0.601. The van der Waals surface area contributed by atoms with E-state index in [1.54, 1.807) is 48.5 Å². The Morgan fingerprint density at radius 2 is 1.12 bits per heavy atom. The van der Waals surface area contributed by atoms with Crippen LogP contribution in [0, 0.1) is 5.25 Å². The second-order valence-corrected chi connectivity index (χ2v) is 5.10. The molecule has 2 aromatic rings. The minimum Gasteiger partial charge on any atom is -0.228 e. The molecule has 0 unspecified atom stereocenters. The average Bonchev–Trinajstić information content (AvgIpc) is 2.30. The Balaban J connectivity index is 2.56. The SMILES string of the molecule is NS(=O)(=O)[C](c1ccccc1)c1ccccc1. The highest BCUT2D eigenvalue weighted by atomic mass is 32.2. The first-order chi connectivity index (χ1) is 8.09. The molecule has 0 spiro atoms. The van der Waals surface area contributed by atoms with E-state index in [1.807, 2.05) is 12.1 Å². The van der Waals surface area contributed by atoms with Crippen molar-refractivity contribution in [3.8, 4) is 0 Å². The van der Waals surface area contributed by atoms with Crippen LogP contribution in [0.4, 0.5) is 0 Å². The molecule has 2 aromatic carbocycles. The number of hydrogen-bond acceptors (Lipinski definition) is 2. The van der Waals surface area contributed by atoms with Crippen molar-refractivity contribution in [1.82, 2.24) is 0 Å². The molecule has 1 radical (unpaired) electrons. The molecule has 0 aliphatic rings. The van der Waals surface area contributed by atoms with E-state index >= 15 is 0 Å². The normalized spacial score (nSPS) is 11.6. The monoisotopic (exact) mass is 246 g/mol. The van der Waals surface area contributed by atoms with Gasteiger partial charge in [-0.1, -0.05) is 60.7 Å². The number of benzene rings is 2. The first-order valence-electron chi connectivity index (χ1n) is 5.09. The molecule has 3 nitrogen and oxygen atoms in total. The van der Waals surface area contributed by atoms with Crippen molar-refractivity contribution in [3.63, 3.8) is 0 Å². The molecular formula is C13H12NO2S. The summed E-state index contributed by atoms with van der Waals surface area (Å²) in [6.45, 7) is 0. The first-order valence-corrected chi connectivity index (χ1v) is 6.64. The van der Waals surface area contributed by atoms with Crippen LogP contribution in [0.5, 0.6) is 0 Å². The Morgan fingerprint density at radius 3 is 1.41 bits per heavy atom. The van der Waals surface area contributed by atoms with Gasteiger partial charge in [0.2, 0.25) is 10.0 Å². The lowest BCUT2D eigenvalue weighted by Crippen LogP contribution is -2.23. The van der Waals surface area contributed by atoms with Gasteiger partial charge < -0.3 is 0 Å². The zero-order valence-electron chi connectivity index (χ0n) is 9.08. The molecule has 0 atom stereocenters. The molecule has 87 valence electrons. The smallest absolute Gasteiger partial charge is 0.225 e. The molecule has 0 saturated heterocycles. The van der Waals surface area contributed by atoms with Crippen LogP contribution in [-0.4, -0.2) is 8.42 Å². The lowest BCUT2D eigenvalue weighted by atomic mass is 10.0. The third kappa shape index (κ3) is 2.72. The number of rotatable bonds is 3. The molecule has 0 saturated carbocycles. The third-order valence-electron chi connectivity index (χ3n) is 2.36. The van der Waals surface area contributed by atoms with Crippen molar-refractivity contribution in [3.05, 3.63) is 77.0 Å². The Labute approximate surface area is 101 Å². The van der Waals surface area contributed by atoms with Crippen LogP contribution in [0.1, 0.15) is 11.1 Å². The largest absolute Gasteiger partial charge is 0.228 e. The summed E-state index contributed by atoms with van der Waals surface area (Å²) >= 11 is 0. The van der Waals surface area contributed by atoms with Crippen LogP contribution in [0.2, 0.25) is 0 Å². The highest BCUT2D eigenvalue weighted by Crippen LogP contribution is 2.26. The number of hydrogen-bond donors (Lipinski definition) is 1. The Hall–Kier alpha value is -1.65. The van der Waals surface area contributed by atoms with E-state index in [-0.39, 0.29) is 5.25 Å². The fraction of sp³-hybridized carbons (Fsp3) is 0. The predicted octanol–water partition coefficient (Wildman–Crippen LogP) is 1.90. The maximum Gasteiger partial charge on any atom is 0.225 e. The van der Waals surface area contributed by atoms with Gasteiger partial charge in [0.1, 0.15) is 0 Å². The first kappa shape index (κ1) is 11.8. The van der Waals surface area contributed by atoms with Crippen molar-refractivity contribution < 1.29 is 8.42 Å². The van der Waals surface area contributed by atoms with Gasteiger partial charge in [0, 0.05) is 0 Å². The topological polar surface area (TPSA) is 60.2 Å². The molecular weight excluding hydrogens is 234 g/mol. The molecule has 0 amide bonds. The summed E-state index contributed by atoms with van der Waals surface area (Å²) in [5.41, 5.74) is 1.20. The Morgan fingerprint density at radius 1 is 0.765 bits per heavy atom. The zero-order valence-corrected chi connectivity index (χ0v) is 9.89. The molecule has 0 heterocycles. The van der Waals surface area contributed by atoms with Crippen molar-refractivity contribution in [2.75, 3.05) is 0 Å². The summed E-state index contributed by atoms with van der Waals surface area (Å²) in [5.74, 6) is 0. The number of primary sulfonamides is 1. The van der Waals surface area contributed by atoms with Gasteiger partial charge in [-0.2, -0.15) is 0 Å². The lowest BCUT2D eigenvalue weighted by Gasteiger charge is -2.14. The fourth-order valence-corrected chi connectivity index (χ4v) is 2.60. The van der Waals surface area contributed by atoms with E-state index in [0.717, 1.165) is 0 Å². The van der Waals surface area contributed by atoms with Gasteiger partial charge in [0.15, 0.2) is 5.25 Å². The van der Waals surface area contributed by atoms with Gasteiger partial charge in [-0.15, -0.1) is 0 Å². The number of nitrogens with two attached hydrogens (primary N) is 1. The molecule has 4 heteroatoms. The van der Waals surface area contributed by atoms with Crippen LogP contribution in [0.25, 0.3) is 0 Å². The molecule has 2 N–H and O–H groups in total. The summed E-state index contributed by atoms with van der Waals surface area (Å²) in [5, 5.41) is 5.43. The summed E-state index contributed by atoms with van der Waals surface area (Å²) in [6, 6.07) is 17.7. The van der Waals surface area contributed by atoms with E-state index in [4.69, 9.17) is 5.14 Å². The second kappa shape index (κ2) is 4.69. The van der Waals surface area contributed by atoms with Crippen LogP contribution in [0.15, 0.2) is 60.7 Å². The third-order valence-corrected chi connectivity index (χ3v) is 3.40. The second-order valence-electron chi connectivity index (χ2n) is 3.61. The molecule has 0 bridgehead atoms. The van der Waals surface area contributed by atoms with E-state index in [9.17, 15) is 8.42 Å². The molecule has 0 aromatic heterocycles. The van der Waals surface area contributed by atoms with Crippen LogP contribution < -0.4 is 5.14 Å². The number of sulfonamides is 1. The van der Waals surface area contributed by atoms with Gasteiger partial charge in [0.05, 0.1) is 0 Å². The molecule has 17 heavy (non-hydrogen) atoms. The van der Waals surface area contributed by atoms with Gasteiger partial charge in [0.25, 0.3) is 0 Å². The summed E-state index contributed by atoms with van der Waals surface area (Å²) in [4.78, 5) is 0. The summed E-state index contributed by atoms with van der Waals surface area (Å²) in [7, 11) is -3.75. The van der Waals surface area contributed by atoms with Crippen LogP contribution in [0.3, 0.4) is 0 Å². The van der Waals surface area contributed by atoms with Crippen molar-refractivity contribution in [2.24, 2.45) is 5.14 Å². The maximum atomic E-state index is 11.7. The minimum absolute atomic E-state index is 0.152. The highest BCUT2D eigenvalue weighted by molar-refractivity contribution is 7.92. The summed E-state index contributed by atoms with van der Waals surface area (Å²) < 4.78 is 23.3. The maximum absolute atomic E-state index is 11.7. The molecule has 0 aliphatic carbocycles. The molecule has 0 fully saturated rings. The van der Waals surface area contributed by atoms with E-state index < -0.39 is 10.0 Å². The quantitative estimate of drug-likeness (QED) is 0.899. The van der Waals surface area contributed by atoms with Gasteiger partial charge in [-0.3, -0.25) is 0 Å². The van der Waals surface area contributed by atoms with Gasteiger partial charge in [-0.05, 0) is 11.1 Å². The van der Waals surface area contributed by atoms with Crippen LogP contribution >= 0.6 is 0 Å². The standard InChI is InChI=1S/C13H12NO2S/c14-17(15,16)13(11-7-3-1-4-8-11)12-9-5-2-6-10-12/h1-10H,(H2,14,15,16). The highest BCUT2D eigenvalue weighted by Gasteiger charge is 2.26. The molecule has 2 rings (SSSR count). The Bertz CT molecular complexity index is 540. The van der Waals surface area contributed by atoms with E-state index in [1.165, 1.54) is 0 Å². The van der Waals surface area contributed by atoms with E-state index in [2.05, 4.69) is 0 Å². The summed E-state index contributed by atoms with van der Waals surface area (Å²) in [6.07, 6.45) is 0. The van der Waals surface area contributed by atoms with Crippen molar-refractivity contribution >= 4 is 10.0 Å². The van der Waals surface area contributed by atoms with Crippen molar-refractivity contribution in [1.29, 1.82) is 0 Å². The minimum atomic E-state index is -3.75. The van der Waals surface area contributed by atoms with Gasteiger partial charge in [-0.25, -0.2) is 13.6 Å². The van der Waals surface area contributed by atoms with Gasteiger partial charge >= 0.3 is 0 Å². The van der Waals surface area contributed by atoms with Crippen molar-refractivity contribution in [2.45, 2.75) is 0 Å². The molecule has 0 aliphatic heterocycles. The predicted molar refractivity (Wildman–Crippen MR) is 67.4 cm³/mol. The van der Waals surface area contributed by atoms with Crippen LogP contribution in [-0.2, 0) is 10.0 Å². The average molecular weight is 246 g/mol. The fourth-order valence-electron chi connectivity index (χ4n) is 1.67. The van der Waals surface area contributed by atoms with E-state index in [0.29, 0.717) is 11.1 Å².